The molecule has 0 saturated carbocycles. The third kappa shape index (κ3) is 7.45. The maximum absolute atomic E-state index is 13.9. The minimum atomic E-state index is -0.626. The number of para-hydroxylation sites is 1. The molecule has 2 aromatic carbocycles. The van der Waals surface area contributed by atoms with Crippen LogP contribution in [-0.4, -0.2) is 99.7 Å². The largest absolute Gasteiger partial charge is 0.464 e. The van der Waals surface area contributed by atoms with E-state index in [1.807, 2.05) is 54.3 Å². The summed E-state index contributed by atoms with van der Waals surface area (Å²) in [5, 5.41) is 9.91. The summed E-state index contributed by atoms with van der Waals surface area (Å²) in [7, 11) is 0. The van der Waals surface area contributed by atoms with Gasteiger partial charge in [-0.25, -0.2) is 0 Å². The van der Waals surface area contributed by atoms with Crippen LogP contribution in [-0.2, 0) is 30.3 Å². The standard InChI is InChI=1S/C34H42N2O9/c1-2-41-34-26(9-15-39-17-18-40-16-14-37)27(28-22-42-29-6-4-3-5-25(28)29)20-32(45-34)33(38)36-12-10-35(11-13-36)21-24-7-8-30-31(19-24)44-23-43-30/h3-8,19-20,22,26-27,34,37H,2,9-18,21,23H2,1H3. The fourth-order valence-corrected chi connectivity index (χ4v) is 6.21. The summed E-state index contributed by atoms with van der Waals surface area (Å²) in [5.41, 5.74) is 2.94. The summed E-state index contributed by atoms with van der Waals surface area (Å²) in [6.07, 6.45) is 3.75. The van der Waals surface area contributed by atoms with E-state index < -0.39 is 6.29 Å². The molecule has 4 heterocycles. The Kier molecular flexibility index (Phi) is 10.5. The molecule has 0 radical (unpaired) electrons. The molecular formula is C34H42N2O9. The Morgan fingerprint density at radius 3 is 2.60 bits per heavy atom. The molecule has 1 fully saturated rings. The van der Waals surface area contributed by atoms with Crippen LogP contribution >= 0.6 is 0 Å². The number of amides is 1. The van der Waals surface area contributed by atoms with Gasteiger partial charge in [-0.05, 0) is 43.2 Å². The van der Waals surface area contributed by atoms with Crippen LogP contribution in [0, 0.1) is 5.92 Å². The first kappa shape index (κ1) is 31.4. The molecule has 3 unspecified atom stereocenters. The van der Waals surface area contributed by atoms with Gasteiger partial charge in [0.25, 0.3) is 5.91 Å². The number of rotatable bonds is 14. The Morgan fingerprint density at radius 2 is 1.78 bits per heavy atom. The Labute approximate surface area is 263 Å². The second-order valence-electron chi connectivity index (χ2n) is 11.3. The molecule has 3 aromatic rings. The third-order valence-corrected chi connectivity index (χ3v) is 8.50. The number of furan rings is 1. The van der Waals surface area contributed by atoms with E-state index in [0.717, 1.165) is 53.2 Å². The van der Waals surface area contributed by atoms with E-state index >= 15 is 0 Å². The van der Waals surface area contributed by atoms with E-state index in [9.17, 15) is 4.79 Å². The molecule has 242 valence electrons. The first-order valence-electron chi connectivity index (χ1n) is 15.8. The van der Waals surface area contributed by atoms with Gasteiger partial charge in [-0.3, -0.25) is 9.69 Å². The van der Waals surface area contributed by atoms with Crippen LogP contribution in [0.25, 0.3) is 11.0 Å². The Hall–Kier alpha value is -3.61. The molecule has 45 heavy (non-hydrogen) atoms. The highest BCUT2D eigenvalue weighted by Gasteiger charge is 2.40. The van der Waals surface area contributed by atoms with Crippen LogP contribution in [0.15, 0.2) is 65.0 Å². The normalized spacial score (nSPS) is 21.6. The Bertz CT molecular complexity index is 1450. The number of ether oxygens (including phenoxy) is 6. The quantitative estimate of drug-likeness (QED) is 0.266. The van der Waals surface area contributed by atoms with E-state index in [-0.39, 0.29) is 31.1 Å². The number of aliphatic hydroxyl groups is 1. The summed E-state index contributed by atoms with van der Waals surface area (Å²) >= 11 is 0. The molecule has 6 rings (SSSR count). The lowest BCUT2D eigenvalue weighted by atomic mass is 9.81. The number of carbonyl (C=O) groups is 1. The van der Waals surface area contributed by atoms with Crippen molar-refractivity contribution in [1.29, 1.82) is 0 Å². The van der Waals surface area contributed by atoms with E-state index in [2.05, 4.69) is 11.0 Å². The van der Waals surface area contributed by atoms with Crippen molar-refractivity contribution in [3.8, 4) is 11.5 Å². The zero-order valence-corrected chi connectivity index (χ0v) is 25.7. The molecule has 1 amide bonds. The predicted molar refractivity (Wildman–Crippen MR) is 165 cm³/mol. The molecule has 0 bridgehead atoms. The van der Waals surface area contributed by atoms with Gasteiger partial charge < -0.3 is 42.8 Å². The molecule has 1 aromatic heterocycles. The topological polar surface area (TPSA) is 112 Å². The lowest BCUT2D eigenvalue weighted by Gasteiger charge is -2.39. The van der Waals surface area contributed by atoms with Gasteiger partial charge in [-0.15, -0.1) is 0 Å². The highest BCUT2D eigenvalue weighted by Crippen LogP contribution is 2.42. The molecular weight excluding hydrogens is 580 g/mol. The summed E-state index contributed by atoms with van der Waals surface area (Å²) in [4.78, 5) is 18.1. The minimum Gasteiger partial charge on any atom is -0.464 e. The van der Waals surface area contributed by atoms with Crippen LogP contribution in [0.3, 0.4) is 0 Å². The van der Waals surface area contributed by atoms with Crippen molar-refractivity contribution in [2.75, 3.05) is 72.6 Å². The van der Waals surface area contributed by atoms with Crippen LogP contribution in [0.5, 0.6) is 11.5 Å². The van der Waals surface area contributed by atoms with Gasteiger partial charge in [-0.2, -0.15) is 0 Å². The number of nitrogens with zero attached hydrogens (tertiary/aromatic N) is 2. The van der Waals surface area contributed by atoms with Crippen molar-refractivity contribution >= 4 is 16.9 Å². The van der Waals surface area contributed by atoms with Gasteiger partial charge >= 0.3 is 0 Å². The third-order valence-electron chi connectivity index (χ3n) is 8.50. The number of allylic oxidation sites excluding steroid dienone is 1. The average Bonchev–Trinajstić information content (AvgIpc) is 3.72. The summed E-state index contributed by atoms with van der Waals surface area (Å²) in [6.45, 7) is 7.67. The van der Waals surface area contributed by atoms with E-state index in [0.29, 0.717) is 58.3 Å². The maximum Gasteiger partial charge on any atom is 0.288 e. The molecule has 3 aliphatic rings. The predicted octanol–water partition coefficient (Wildman–Crippen LogP) is 3.90. The van der Waals surface area contributed by atoms with Crippen LogP contribution in [0.4, 0.5) is 0 Å². The molecule has 3 aliphatic heterocycles. The number of hydrogen-bond donors (Lipinski definition) is 1. The van der Waals surface area contributed by atoms with Crippen molar-refractivity contribution in [1.82, 2.24) is 9.80 Å². The monoisotopic (exact) mass is 622 g/mol. The van der Waals surface area contributed by atoms with Gasteiger partial charge in [0.05, 0.1) is 32.7 Å². The number of hydrogen-bond acceptors (Lipinski definition) is 10. The van der Waals surface area contributed by atoms with Gasteiger partial charge in [0, 0.05) is 68.7 Å². The first-order chi connectivity index (χ1) is 22.1. The van der Waals surface area contributed by atoms with E-state index in [1.165, 1.54) is 0 Å². The Balaban J connectivity index is 1.15. The number of piperazine rings is 1. The number of benzene rings is 2. The molecule has 11 nitrogen and oxygen atoms in total. The van der Waals surface area contributed by atoms with E-state index in [4.69, 9.17) is 37.9 Å². The van der Waals surface area contributed by atoms with Gasteiger partial charge in [0.1, 0.15) is 5.58 Å². The fourth-order valence-electron chi connectivity index (χ4n) is 6.21. The van der Waals surface area contributed by atoms with Crippen molar-refractivity contribution in [2.45, 2.75) is 32.1 Å². The summed E-state index contributed by atoms with van der Waals surface area (Å²) < 4.78 is 40.5. The second-order valence-corrected chi connectivity index (χ2v) is 11.3. The smallest absolute Gasteiger partial charge is 0.288 e. The molecule has 0 spiro atoms. The lowest BCUT2D eigenvalue weighted by molar-refractivity contribution is -0.172. The van der Waals surface area contributed by atoms with Crippen molar-refractivity contribution in [3.63, 3.8) is 0 Å². The number of aliphatic hydroxyl groups excluding tert-OH is 1. The molecule has 1 N–H and O–H groups in total. The van der Waals surface area contributed by atoms with Crippen molar-refractivity contribution in [2.24, 2.45) is 5.92 Å². The summed E-state index contributed by atoms with van der Waals surface area (Å²) in [6, 6.07) is 14.0. The summed E-state index contributed by atoms with van der Waals surface area (Å²) in [5.74, 6) is 1.45. The minimum absolute atomic E-state index is 0.0139. The maximum atomic E-state index is 13.9. The molecule has 1 saturated heterocycles. The zero-order valence-electron chi connectivity index (χ0n) is 25.7. The van der Waals surface area contributed by atoms with Gasteiger partial charge in [-0.1, -0.05) is 24.3 Å². The van der Waals surface area contributed by atoms with Crippen LogP contribution in [0.2, 0.25) is 0 Å². The highest BCUT2D eigenvalue weighted by atomic mass is 16.7. The lowest BCUT2D eigenvalue weighted by Crippen LogP contribution is -2.50. The fraction of sp³-hybridized carbons (Fsp3) is 0.500. The van der Waals surface area contributed by atoms with Crippen molar-refractivity contribution < 1.29 is 42.7 Å². The number of fused-ring (bicyclic) bond motifs is 2. The number of carbonyl (C=O) groups excluding carboxylic acids is 1. The second kappa shape index (κ2) is 15.1. The molecule has 3 atom stereocenters. The van der Waals surface area contributed by atoms with Crippen LogP contribution in [0.1, 0.15) is 30.4 Å². The van der Waals surface area contributed by atoms with Gasteiger partial charge in [0.15, 0.2) is 17.3 Å². The highest BCUT2D eigenvalue weighted by molar-refractivity contribution is 5.92. The molecule has 0 aliphatic carbocycles. The van der Waals surface area contributed by atoms with Crippen molar-refractivity contribution in [3.05, 3.63) is 71.7 Å². The Morgan fingerprint density at radius 1 is 0.978 bits per heavy atom. The average molecular weight is 623 g/mol. The zero-order chi connectivity index (χ0) is 31.0. The SMILES string of the molecule is CCOC1OC(C(=O)N2CCN(Cc3ccc4c(c3)OCO4)CC2)=CC(c2coc3ccccc23)C1CCOCCOCCO. The van der Waals surface area contributed by atoms with Crippen LogP contribution < -0.4 is 9.47 Å². The van der Waals surface area contributed by atoms with Gasteiger partial charge in [0.2, 0.25) is 13.1 Å². The van der Waals surface area contributed by atoms with E-state index in [1.54, 1.807) is 6.26 Å². The first-order valence-corrected chi connectivity index (χ1v) is 15.8. The molecule has 11 heteroatoms.